The highest BCUT2D eigenvalue weighted by atomic mass is 79.9. The largest absolute Gasteiger partial charge is 0.493 e. The molecule has 1 aromatic heterocycles. The Labute approximate surface area is 181 Å². The van der Waals surface area contributed by atoms with Crippen molar-refractivity contribution >= 4 is 49.1 Å². The topological polar surface area (TPSA) is 51.2 Å². The molecule has 0 spiro atoms. The molecule has 4 rings (SSSR count). The molecule has 1 heterocycles. The van der Waals surface area contributed by atoms with Crippen LogP contribution in [0, 0.1) is 6.92 Å². The molecule has 0 saturated heterocycles. The Hall–Kier alpha value is -2.70. The summed E-state index contributed by atoms with van der Waals surface area (Å²) >= 11 is 5.08. The first-order chi connectivity index (χ1) is 14.0. The molecule has 4 aromatic rings. The first-order valence-corrected chi connectivity index (χ1v) is 10.9. The molecule has 0 unspecified atom stereocenters. The number of nitrogens with zero attached hydrogens (tertiary/aromatic N) is 1. The van der Waals surface area contributed by atoms with Crippen LogP contribution in [0.2, 0.25) is 0 Å². The van der Waals surface area contributed by atoms with E-state index in [-0.39, 0.29) is 5.91 Å². The fraction of sp³-hybridized carbons (Fsp3) is 0.130. The summed E-state index contributed by atoms with van der Waals surface area (Å²) in [5.74, 6) is 0.354. The van der Waals surface area contributed by atoms with Crippen molar-refractivity contribution in [1.29, 1.82) is 0 Å². The highest BCUT2D eigenvalue weighted by Gasteiger charge is 2.14. The normalized spacial score (nSPS) is 10.9. The first kappa shape index (κ1) is 19.6. The van der Waals surface area contributed by atoms with Crippen molar-refractivity contribution in [2.45, 2.75) is 13.8 Å². The average molecular weight is 467 g/mol. The van der Waals surface area contributed by atoms with Crippen LogP contribution in [0.25, 0.3) is 20.8 Å². The molecule has 1 amide bonds. The van der Waals surface area contributed by atoms with E-state index in [0.717, 1.165) is 26.2 Å². The molecule has 29 heavy (non-hydrogen) atoms. The Balaban J connectivity index is 1.55. The number of aromatic nitrogens is 1. The molecule has 1 N–H and O–H groups in total. The number of benzene rings is 3. The molecule has 0 fully saturated rings. The van der Waals surface area contributed by atoms with E-state index in [2.05, 4.69) is 40.3 Å². The van der Waals surface area contributed by atoms with Gasteiger partial charge in [0.05, 0.1) is 22.4 Å². The van der Waals surface area contributed by atoms with Crippen LogP contribution < -0.4 is 10.1 Å². The van der Waals surface area contributed by atoms with Crippen molar-refractivity contribution in [1.82, 2.24) is 4.98 Å². The predicted octanol–water partition coefficient (Wildman–Crippen LogP) is 6.69. The van der Waals surface area contributed by atoms with Crippen LogP contribution in [-0.4, -0.2) is 17.5 Å². The molecule has 0 radical (unpaired) electrons. The minimum Gasteiger partial charge on any atom is -0.493 e. The van der Waals surface area contributed by atoms with E-state index < -0.39 is 0 Å². The van der Waals surface area contributed by atoms with Crippen LogP contribution in [0.1, 0.15) is 22.8 Å². The highest BCUT2D eigenvalue weighted by Crippen LogP contribution is 2.31. The molecule has 0 saturated carbocycles. The number of nitrogens with one attached hydrogen (secondary N) is 1. The SMILES string of the molecule is CCOc1ccc(Br)cc1C(=O)Nc1ccc(-c2nc3ccc(C)cc3s2)cc1. The molecule has 0 bridgehead atoms. The quantitative estimate of drug-likeness (QED) is 0.356. The summed E-state index contributed by atoms with van der Waals surface area (Å²) in [5.41, 5.74) is 4.47. The van der Waals surface area contributed by atoms with Crippen LogP contribution in [-0.2, 0) is 0 Å². The van der Waals surface area contributed by atoms with Crippen molar-refractivity contribution in [3.8, 4) is 16.3 Å². The third kappa shape index (κ3) is 4.33. The van der Waals surface area contributed by atoms with E-state index in [1.165, 1.54) is 10.3 Å². The van der Waals surface area contributed by atoms with Crippen LogP contribution in [0.5, 0.6) is 5.75 Å². The summed E-state index contributed by atoms with van der Waals surface area (Å²) in [7, 11) is 0. The standard InChI is InChI=1S/C23H19BrN2O2S/c1-3-28-20-11-7-16(24)13-18(20)22(27)25-17-8-5-15(6-9-17)23-26-19-10-4-14(2)12-21(19)29-23/h4-13H,3H2,1-2H3,(H,25,27). The number of anilines is 1. The van der Waals surface area contributed by atoms with E-state index in [4.69, 9.17) is 9.72 Å². The lowest BCUT2D eigenvalue weighted by Gasteiger charge is -2.11. The van der Waals surface area contributed by atoms with Gasteiger partial charge in [-0.3, -0.25) is 4.79 Å². The minimum absolute atomic E-state index is 0.210. The maximum absolute atomic E-state index is 12.7. The summed E-state index contributed by atoms with van der Waals surface area (Å²) in [6.07, 6.45) is 0. The maximum atomic E-state index is 12.7. The Morgan fingerprint density at radius 1 is 1.10 bits per heavy atom. The molecule has 6 heteroatoms. The third-order valence-corrected chi connectivity index (χ3v) is 5.98. The zero-order valence-electron chi connectivity index (χ0n) is 16.0. The van der Waals surface area contributed by atoms with Crippen molar-refractivity contribution in [3.05, 3.63) is 76.3 Å². The van der Waals surface area contributed by atoms with Crippen LogP contribution in [0.15, 0.2) is 65.1 Å². The fourth-order valence-electron chi connectivity index (χ4n) is 3.01. The van der Waals surface area contributed by atoms with E-state index >= 15 is 0 Å². The van der Waals surface area contributed by atoms with Gasteiger partial charge >= 0.3 is 0 Å². The number of fused-ring (bicyclic) bond motifs is 1. The summed E-state index contributed by atoms with van der Waals surface area (Å²) < 4.78 is 7.58. The zero-order valence-corrected chi connectivity index (χ0v) is 18.4. The summed E-state index contributed by atoms with van der Waals surface area (Å²) in [4.78, 5) is 17.5. The van der Waals surface area contributed by atoms with Crippen molar-refractivity contribution < 1.29 is 9.53 Å². The van der Waals surface area contributed by atoms with Gasteiger partial charge in [-0.2, -0.15) is 0 Å². The van der Waals surface area contributed by atoms with E-state index in [0.29, 0.717) is 17.9 Å². The second-order valence-corrected chi connectivity index (χ2v) is 8.54. The van der Waals surface area contributed by atoms with Crippen molar-refractivity contribution in [2.75, 3.05) is 11.9 Å². The second-order valence-electron chi connectivity index (χ2n) is 6.60. The Kier molecular flexibility index (Phi) is 5.65. The van der Waals surface area contributed by atoms with E-state index in [1.54, 1.807) is 23.5 Å². The molecule has 4 nitrogen and oxygen atoms in total. The number of rotatable bonds is 5. The van der Waals surface area contributed by atoms with Crippen molar-refractivity contribution in [2.24, 2.45) is 0 Å². The summed E-state index contributed by atoms with van der Waals surface area (Å²) in [6.45, 7) is 4.47. The molecule has 0 atom stereocenters. The van der Waals surface area contributed by atoms with Crippen LogP contribution in [0.4, 0.5) is 5.69 Å². The lowest BCUT2D eigenvalue weighted by molar-refractivity contribution is 0.102. The molecule has 0 aliphatic rings. The number of hydrogen-bond donors (Lipinski definition) is 1. The number of amides is 1. The summed E-state index contributed by atoms with van der Waals surface area (Å²) in [6, 6.07) is 19.4. The van der Waals surface area contributed by atoms with Crippen LogP contribution in [0.3, 0.4) is 0 Å². The molecule has 0 aliphatic heterocycles. The molecular formula is C23H19BrN2O2S. The van der Waals surface area contributed by atoms with Gasteiger partial charge in [0.25, 0.3) is 5.91 Å². The Morgan fingerprint density at radius 2 is 1.90 bits per heavy atom. The van der Waals surface area contributed by atoms with Gasteiger partial charge in [0, 0.05) is 15.7 Å². The summed E-state index contributed by atoms with van der Waals surface area (Å²) in [5, 5.41) is 3.91. The zero-order chi connectivity index (χ0) is 20.4. The third-order valence-electron chi connectivity index (χ3n) is 4.42. The lowest BCUT2D eigenvalue weighted by Crippen LogP contribution is -2.13. The number of hydrogen-bond acceptors (Lipinski definition) is 4. The smallest absolute Gasteiger partial charge is 0.259 e. The van der Waals surface area contributed by atoms with Gasteiger partial charge in [-0.05, 0) is 74.0 Å². The minimum atomic E-state index is -0.210. The molecule has 0 aliphatic carbocycles. The van der Waals surface area contributed by atoms with Gasteiger partial charge in [-0.25, -0.2) is 4.98 Å². The average Bonchev–Trinajstić information content (AvgIpc) is 3.13. The maximum Gasteiger partial charge on any atom is 0.259 e. The predicted molar refractivity (Wildman–Crippen MR) is 123 cm³/mol. The number of ether oxygens (including phenoxy) is 1. The number of carbonyl (C=O) groups is 1. The van der Waals surface area contributed by atoms with E-state index in [9.17, 15) is 4.79 Å². The Morgan fingerprint density at radius 3 is 2.66 bits per heavy atom. The van der Waals surface area contributed by atoms with Gasteiger partial charge in [-0.1, -0.05) is 22.0 Å². The van der Waals surface area contributed by atoms with Crippen LogP contribution >= 0.6 is 27.3 Å². The van der Waals surface area contributed by atoms with Gasteiger partial charge in [0.2, 0.25) is 0 Å². The van der Waals surface area contributed by atoms with E-state index in [1.807, 2.05) is 43.3 Å². The molecule has 3 aromatic carbocycles. The number of halogens is 1. The Bertz CT molecular complexity index is 1190. The lowest BCUT2D eigenvalue weighted by atomic mass is 10.1. The first-order valence-electron chi connectivity index (χ1n) is 9.25. The highest BCUT2D eigenvalue weighted by molar-refractivity contribution is 9.10. The fourth-order valence-corrected chi connectivity index (χ4v) is 4.44. The molecule has 146 valence electrons. The number of aryl methyl sites for hydroxylation is 1. The number of carbonyl (C=O) groups excluding carboxylic acids is 1. The molecular weight excluding hydrogens is 448 g/mol. The van der Waals surface area contributed by atoms with Gasteiger partial charge in [-0.15, -0.1) is 11.3 Å². The monoisotopic (exact) mass is 466 g/mol. The van der Waals surface area contributed by atoms with Gasteiger partial charge in [0.1, 0.15) is 10.8 Å². The van der Waals surface area contributed by atoms with Gasteiger partial charge in [0.15, 0.2) is 0 Å². The van der Waals surface area contributed by atoms with Crippen molar-refractivity contribution in [3.63, 3.8) is 0 Å². The van der Waals surface area contributed by atoms with Gasteiger partial charge < -0.3 is 10.1 Å². The second kappa shape index (κ2) is 8.35. The number of thiazole rings is 1.